The van der Waals surface area contributed by atoms with Gasteiger partial charge in [0, 0.05) is 23.0 Å². The Bertz CT molecular complexity index is 962. The van der Waals surface area contributed by atoms with Gasteiger partial charge in [-0.1, -0.05) is 11.6 Å². The van der Waals surface area contributed by atoms with Crippen LogP contribution in [0.3, 0.4) is 0 Å². The predicted octanol–water partition coefficient (Wildman–Crippen LogP) is 4.45. The molecule has 0 fully saturated rings. The molecule has 1 aliphatic carbocycles. The fourth-order valence-corrected chi connectivity index (χ4v) is 4.30. The van der Waals surface area contributed by atoms with E-state index in [1.54, 1.807) is 13.8 Å². The molecule has 0 aromatic heterocycles. The van der Waals surface area contributed by atoms with Crippen LogP contribution in [0.5, 0.6) is 0 Å². The molecule has 2 amide bonds. The summed E-state index contributed by atoms with van der Waals surface area (Å²) in [4.78, 5) is 50.8. The van der Waals surface area contributed by atoms with Crippen LogP contribution < -0.4 is 4.90 Å². The lowest BCUT2D eigenvalue weighted by atomic mass is 9.90. The van der Waals surface area contributed by atoms with Crippen LogP contribution in [0.15, 0.2) is 28.2 Å². The number of halogens is 2. The lowest BCUT2D eigenvalue weighted by Crippen LogP contribution is -2.38. The van der Waals surface area contributed by atoms with Crippen LogP contribution in [0.1, 0.15) is 46.5 Å². The summed E-state index contributed by atoms with van der Waals surface area (Å²) in [5.41, 5.74) is 0.0278. The zero-order valence-corrected chi connectivity index (χ0v) is 19.9. The first kappa shape index (κ1) is 25.9. The molecule has 0 saturated carbocycles. The van der Waals surface area contributed by atoms with E-state index < -0.39 is 29.6 Å². The number of hydrogen-bond donors (Lipinski definition) is 0. The number of amides is 2. The second-order valence-corrected chi connectivity index (χ2v) is 8.80. The molecule has 32 heavy (non-hydrogen) atoms. The maximum atomic E-state index is 14.8. The number of methoxy groups -OCH3 is 1. The zero-order valence-electron chi connectivity index (χ0n) is 18.3. The monoisotopic (exact) mass is 485 g/mol. The highest BCUT2D eigenvalue weighted by Crippen LogP contribution is 2.36. The average Bonchev–Trinajstić information content (AvgIpc) is 2.73. The summed E-state index contributed by atoms with van der Waals surface area (Å²) >= 11 is 7.06. The molecule has 0 aliphatic heterocycles. The molecule has 0 radical (unpaired) electrons. The molecule has 0 unspecified atom stereocenters. The Morgan fingerprint density at radius 1 is 1.16 bits per heavy atom. The minimum Gasteiger partial charge on any atom is -0.468 e. The van der Waals surface area contributed by atoms with Crippen molar-refractivity contribution in [3.05, 3.63) is 34.1 Å². The molecule has 1 aromatic rings. The molecular weight excluding hydrogens is 461 g/mol. The van der Waals surface area contributed by atoms with Gasteiger partial charge in [0.2, 0.25) is 5.91 Å². The van der Waals surface area contributed by atoms with E-state index in [1.165, 1.54) is 13.2 Å². The van der Waals surface area contributed by atoms with Crippen LogP contribution in [0.4, 0.5) is 10.1 Å². The number of thioether (sulfide) groups is 1. The number of nitrogens with zero attached hydrogens (tertiary/aromatic N) is 1. The van der Waals surface area contributed by atoms with Crippen LogP contribution in [0.25, 0.3) is 0 Å². The van der Waals surface area contributed by atoms with Crippen molar-refractivity contribution in [1.29, 1.82) is 0 Å². The van der Waals surface area contributed by atoms with Gasteiger partial charge in [-0.3, -0.25) is 14.4 Å². The highest BCUT2D eigenvalue weighted by atomic mass is 35.5. The van der Waals surface area contributed by atoms with E-state index in [0.717, 1.165) is 24.8 Å². The number of carbonyl (C=O) groups is 4. The molecule has 1 aliphatic rings. The van der Waals surface area contributed by atoms with Gasteiger partial charge in [-0.15, -0.1) is 11.8 Å². The lowest BCUT2D eigenvalue weighted by molar-refractivity contribution is -0.143. The summed E-state index contributed by atoms with van der Waals surface area (Å²) in [6, 6.07) is 2.21. The van der Waals surface area contributed by atoms with E-state index in [1.807, 2.05) is 0 Å². The summed E-state index contributed by atoms with van der Waals surface area (Å²) in [7, 11) is 1.23. The molecule has 7 nitrogen and oxygen atoms in total. The van der Waals surface area contributed by atoms with Gasteiger partial charge in [-0.25, -0.2) is 14.1 Å². The van der Waals surface area contributed by atoms with Gasteiger partial charge in [0.25, 0.3) is 5.91 Å². The number of esters is 2. The summed E-state index contributed by atoms with van der Waals surface area (Å²) in [5.74, 6) is -3.61. The van der Waals surface area contributed by atoms with Crippen molar-refractivity contribution >= 4 is 52.8 Å². The van der Waals surface area contributed by atoms with Crippen LogP contribution in [-0.2, 0) is 28.7 Å². The van der Waals surface area contributed by atoms with Crippen LogP contribution in [0.2, 0.25) is 5.02 Å². The first-order valence-electron chi connectivity index (χ1n) is 10.0. The molecule has 0 heterocycles. The number of ether oxygens (including phenoxy) is 2. The van der Waals surface area contributed by atoms with Crippen LogP contribution >= 0.6 is 23.4 Å². The van der Waals surface area contributed by atoms with Gasteiger partial charge in [0.05, 0.1) is 29.7 Å². The topological polar surface area (TPSA) is 90.0 Å². The molecular formula is C22H25ClFNO6S. The number of anilines is 1. The summed E-state index contributed by atoms with van der Waals surface area (Å²) in [6.45, 7) is 4.52. The van der Waals surface area contributed by atoms with Crippen LogP contribution in [0, 0.1) is 5.82 Å². The second-order valence-electron chi connectivity index (χ2n) is 7.38. The summed E-state index contributed by atoms with van der Waals surface area (Å²) in [5, 5.41) is 0.0224. The summed E-state index contributed by atoms with van der Waals surface area (Å²) in [6.07, 6.45) is 1.57. The normalized spacial score (nSPS) is 13.7. The number of benzene rings is 1. The van der Waals surface area contributed by atoms with Gasteiger partial charge >= 0.3 is 11.9 Å². The lowest BCUT2D eigenvalue weighted by Gasteiger charge is -2.26. The predicted molar refractivity (Wildman–Crippen MR) is 119 cm³/mol. The van der Waals surface area contributed by atoms with Crippen molar-refractivity contribution in [3.8, 4) is 0 Å². The number of carbonyl (C=O) groups excluding carboxylic acids is 4. The van der Waals surface area contributed by atoms with Crippen molar-refractivity contribution in [2.75, 3.05) is 17.8 Å². The third kappa shape index (κ3) is 6.32. The molecule has 0 bridgehead atoms. The van der Waals surface area contributed by atoms with Gasteiger partial charge in [-0.2, -0.15) is 0 Å². The fourth-order valence-electron chi connectivity index (χ4n) is 3.20. The number of imide groups is 1. The van der Waals surface area contributed by atoms with E-state index in [9.17, 15) is 23.6 Å². The first-order chi connectivity index (χ1) is 15.1. The van der Waals surface area contributed by atoms with Gasteiger partial charge < -0.3 is 9.47 Å². The molecule has 174 valence electrons. The van der Waals surface area contributed by atoms with Gasteiger partial charge in [0.15, 0.2) is 0 Å². The van der Waals surface area contributed by atoms with E-state index in [0.29, 0.717) is 29.1 Å². The van der Waals surface area contributed by atoms with Gasteiger partial charge in [-0.05, 0) is 51.7 Å². The first-order valence-corrected chi connectivity index (χ1v) is 11.4. The minimum absolute atomic E-state index is 0.0224. The quantitative estimate of drug-likeness (QED) is 0.416. The van der Waals surface area contributed by atoms with Crippen molar-refractivity contribution in [3.63, 3.8) is 0 Å². The standard InChI is InChI=1S/C22H25ClFNO6S/c1-12(2)31-22(29)15-8-6-5-7-14(15)21(28)25(13(3)26)18-10-19(16(23)9-17(18)24)32-11-20(27)30-4/h9-10,12H,5-8,11H2,1-4H3. The maximum absolute atomic E-state index is 14.8. The number of hydrogen-bond acceptors (Lipinski definition) is 7. The van der Waals surface area contributed by atoms with Crippen molar-refractivity contribution < 1.29 is 33.0 Å². The Balaban J connectivity index is 2.49. The Hall–Kier alpha value is -2.39. The maximum Gasteiger partial charge on any atom is 0.334 e. The largest absolute Gasteiger partial charge is 0.468 e. The molecule has 10 heteroatoms. The van der Waals surface area contributed by atoms with Crippen molar-refractivity contribution in [2.24, 2.45) is 0 Å². The highest BCUT2D eigenvalue weighted by Gasteiger charge is 2.32. The molecule has 0 N–H and O–H groups in total. The molecule has 0 saturated heterocycles. The average molecular weight is 486 g/mol. The third-order valence-electron chi connectivity index (χ3n) is 4.65. The fraction of sp³-hybridized carbons (Fsp3) is 0.455. The van der Waals surface area contributed by atoms with E-state index in [-0.39, 0.29) is 40.1 Å². The smallest absolute Gasteiger partial charge is 0.334 e. The third-order valence-corrected chi connectivity index (χ3v) is 6.10. The van der Waals surface area contributed by atoms with Crippen molar-refractivity contribution in [1.82, 2.24) is 0 Å². The van der Waals surface area contributed by atoms with E-state index >= 15 is 0 Å². The van der Waals surface area contributed by atoms with Crippen LogP contribution in [-0.4, -0.2) is 42.7 Å². The van der Waals surface area contributed by atoms with Gasteiger partial charge in [0.1, 0.15) is 5.82 Å². The Kier molecular flexibility index (Phi) is 9.27. The summed E-state index contributed by atoms with van der Waals surface area (Å²) < 4.78 is 24.7. The van der Waals surface area contributed by atoms with E-state index in [4.69, 9.17) is 16.3 Å². The minimum atomic E-state index is -0.885. The molecule has 0 spiro atoms. The molecule has 1 aromatic carbocycles. The molecule has 0 atom stereocenters. The SMILES string of the molecule is COC(=O)CSc1cc(N(C(C)=O)C(=O)C2=C(C(=O)OC(C)C)CCCC2)c(F)cc1Cl. The highest BCUT2D eigenvalue weighted by molar-refractivity contribution is 8.00. The number of rotatable bonds is 7. The zero-order chi connectivity index (χ0) is 24.0. The Labute approximate surface area is 195 Å². The Morgan fingerprint density at radius 2 is 1.78 bits per heavy atom. The van der Waals surface area contributed by atoms with Crippen molar-refractivity contribution in [2.45, 2.75) is 57.5 Å². The second kappa shape index (κ2) is 11.5. The Morgan fingerprint density at radius 3 is 2.34 bits per heavy atom. The molecule has 2 rings (SSSR count). The van der Waals surface area contributed by atoms with E-state index in [2.05, 4.69) is 4.74 Å².